The molecule has 2 aliphatic rings. The molecular formula is C22H22ClN3O2. The van der Waals surface area contributed by atoms with Gasteiger partial charge in [-0.15, -0.1) is 0 Å². The number of benzene rings is 2. The summed E-state index contributed by atoms with van der Waals surface area (Å²) >= 11 is 6.15. The zero-order valence-corrected chi connectivity index (χ0v) is 16.5. The van der Waals surface area contributed by atoms with Gasteiger partial charge in [-0.25, -0.2) is 0 Å². The number of aromatic nitrogens is 1. The summed E-state index contributed by atoms with van der Waals surface area (Å²) < 4.78 is 5.91. The topological polar surface area (TPSA) is 48.6 Å². The SMILES string of the molecule is CN1CCc2[nH]c3ccc(C(=O)N4CC(Oc5ccccc5Cl)C4)cc3c2C1. The third kappa shape index (κ3) is 3.05. The predicted octanol–water partition coefficient (Wildman–Crippen LogP) is 3.71. The number of hydrogen-bond acceptors (Lipinski definition) is 3. The van der Waals surface area contributed by atoms with Gasteiger partial charge < -0.3 is 19.5 Å². The molecule has 5 nitrogen and oxygen atoms in total. The summed E-state index contributed by atoms with van der Waals surface area (Å²) in [5.74, 6) is 0.728. The van der Waals surface area contributed by atoms with Crippen molar-refractivity contribution in [2.75, 3.05) is 26.7 Å². The first-order valence-electron chi connectivity index (χ1n) is 9.61. The number of likely N-dealkylation sites (tertiary alicyclic amines) is 1. The number of nitrogens with zero attached hydrogens (tertiary/aromatic N) is 2. The standard InChI is InChI=1S/C22H22ClN3O2/c1-25-9-8-20-17(13-25)16-10-14(6-7-19(16)24-20)22(27)26-11-15(12-26)28-21-5-3-2-4-18(21)23/h2-7,10,15,24H,8-9,11-13H2,1H3. The summed E-state index contributed by atoms with van der Waals surface area (Å²) in [5.41, 5.74) is 4.47. The highest BCUT2D eigenvalue weighted by atomic mass is 35.5. The van der Waals surface area contributed by atoms with Crippen LogP contribution in [0.1, 0.15) is 21.6 Å². The molecule has 0 aliphatic carbocycles. The first-order valence-corrected chi connectivity index (χ1v) is 9.99. The minimum atomic E-state index is -0.0127. The molecule has 1 amide bonds. The second kappa shape index (κ2) is 6.83. The maximum Gasteiger partial charge on any atom is 0.254 e. The maximum absolute atomic E-state index is 12.9. The number of aromatic amines is 1. The van der Waals surface area contributed by atoms with Crippen LogP contribution in [0.4, 0.5) is 0 Å². The number of halogens is 1. The summed E-state index contributed by atoms with van der Waals surface area (Å²) in [7, 11) is 2.13. The van der Waals surface area contributed by atoms with Crippen LogP contribution in [0.3, 0.4) is 0 Å². The molecule has 0 atom stereocenters. The molecule has 1 saturated heterocycles. The number of H-pyrrole nitrogens is 1. The number of para-hydroxylation sites is 1. The summed E-state index contributed by atoms with van der Waals surface area (Å²) in [5, 5.41) is 1.76. The molecule has 6 heteroatoms. The Labute approximate surface area is 168 Å². The normalized spacial score (nSPS) is 17.4. The first kappa shape index (κ1) is 17.6. The van der Waals surface area contributed by atoms with Crippen molar-refractivity contribution in [1.29, 1.82) is 0 Å². The van der Waals surface area contributed by atoms with E-state index in [1.807, 2.05) is 47.4 Å². The van der Waals surface area contributed by atoms with Crippen LogP contribution in [0.25, 0.3) is 10.9 Å². The molecule has 1 N–H and O–H groups in total. The van der Waals surface area contributed by atoms with Gasteiger partial charge in [0.25, 0.3) is 5.91 Å². The average molecular weight is 396 g/mol. The number of hydrogen-bond donors (Lipinski definition) is 1. The number of amides is 1. The smallest absolute Gasteiger partial charge is 0.254 e. The Morgan fingerprint density at radius 3 is 2.86 bits per heavy atom. The Morgan fingerprint density at radius 1 is 1.21 bits per heavy atom. The number of rotatable bonds is 3. The van der Waals surface area contributed by atoms with Crippen LogP contribution < -0.4 is 4.74 Å². The van der Waals surface area contributed by atoms with E-state index in [0.29, 0.717) is 23.9 Å². The molecule has 2 aliphatic heterocycles. The van der Waals surface area contributed by atoms with E-state index < -0.39 is 0 Å². The van der Waals surface area contributed by atoms with Crippen LogP contribution in [-0.4, -0.2) is 53.5 Å². The van der Waals surface area contributed by atoms with Gasteiger partial charge in [0.05, 0.1) is 18.1 Å². The summed E-state index contributed by atoms with van der Waals surface area (Å²) in [6, 6.07) is 13.4. The third-order valence-corrected chi connectivity index (χ3v) is 5.99. The largest absolute Gasteiger partial charge is 0.485 e. The lowest BCUT2D eigenvalue weighted by molar-refractivity contribution is 0.0178. The predicted molar refractivity (Wildman–Crippen MR) is 110 cm³/mol. The van der Waals surface area contributed by atoms with Crippen molar-refractivity contribution >= 4 is 28.4 Å². The van der Waals surface area contributed by atoms with Crippen molar-refractivity contribution in [3.63, 3.8) is 0 Å². The molecule has 5 rings (SSSR count). The van der Waals surface area contributed by atoms with Crippen LogP contribution in [0.5, 0.6) is 5.75 Å². The van der Waals surface area contributed by atoms with E-state index in [2.05, 4.69) is 16.9 Å². The fourth-order valence-electron chi connectivity index (χ4n) is 4.06. The first-order chi connectivity index (χ1) is 13.6. The van der Waals surface area contributed by atoms with Crippen LogP contribution in [0, 0.1) is 0 Å². The molecule has 28 heavy (non-hydrogen) atoms. The van der Waals surface area contributed by atoms with E-state index in [0.717, 1.165) is 36.0 Å². The molecule has 0 radical (unpaired) electrons. The quantitative estimate of drug-likeness (QED) is 0.735. The van der Waals surface area contributed by atoms with E-state index >= 15 is 0 Å². The van der Waals surface area contributed by atoms with Gasteiger partial charge in [0.2, 0.25) is 0 Å². The van der Waals surface area contributed by atoms with Crippen LogP contribution in [0.2, 0.25) is 5.02 Å². The van der Waals surface area contributed by atoms with Gasteiger partial charge in [0.15, 0.2) is 0 Å². The number of carbonyl (C=O) groups excluding carboxylic acids is 1. The highest BCUT2D eigenvalue weighted by molar-refractivity contribution is 6.32. The van der Waals surface area contributed by atoms with Gasteiger partial charge in [0, 0.05) is 41.7 Å². The molecule has 3 aromatic rings. The minimum absolute atomic E-state index is 0.0127. The second-order valence-electron chi connectivity index (χ2n) is 7.71. The van der Waals surface area contributed by atoms with E-state index in [1.54, 1.807) is 0 Å². The minimum Gasteiger partial charge on any atom is -0.485 e. The number of fused-ring (bicyclic) bond motifs is 3. The zero-order chi connectivity index (χ0) is 19.3. The highest BCUT2D eigenvalue weighted by Crippen LogP contribution is 2.30. The number of ether oxygens (including phenoxy) is 1. The highest BCUT2D eigenvalue weighted by Gasteiger charge is 2.33. The maximum atomic E-state index is 12.9. The number of nitrogens with one attached hydrogen (secondary N) is 1. The molecule has 0 bridgehead atoms. The second-order valence-corrected chi connectivity index (χ2v) is 8.12. The van der Waals surface area contributed by atoms with Crippen LogP contribution in [-0.2, 0) is 13.0 Å². The molecule has 0 saturated carbocycles. The summed E-state index contributed by atoms with van der Waals surface area (Å²) in [6.45, 7) is 3.14. The molecule has 1 fully saturated rings. The van der Waals surface area contributed by atoms with Gasteiger partial charge in [-0.1, -0.05) is 23.7 Å². The van der Waals surface area contributed by atoms with Gasteiger partial charge in [0.1, 0.15) is 11.9 Å². The Bertz CT molecular complexity index is 1060. The lowest BCUT2D eigenvalue weighted by atomic mass is 10.0. The Hall–Kier alpha value is -2.50. The molecular weight excluding hydrogens is 374 g/mol. The Morgan fingerprint density at radius 2 is 2.04 bits per heavy atom. The molecule has 2 aromatic carbocycles. The van der Waals surface area contributed by atoms with Crippen molar-refractivity contribution < 1.29 is 9.53 Å². The molecule has 0 unspecified atom stereocenters. The van der Waals surface area contributed by atoms with E-state index in [9.17, 15) is 4.79 Å². The molecule has 1 aromatic heterocycles. The third-order valence-electron chi connectivity index (χ3n) is 5.68. The van der Waals surface area contributed by atoms with E-state index in [-0.39, 0.29) is 12.0 Å². The van der Waals surface area contributed by atoms with Crippen molar-refractivity contribution in [2.24, 2.45) is 0 Å². The monoisotopic (exact) mass is 395 g/mol. The molecule has 0 spiro atoms. The fourth-order valence-corrected chi connectivity index (χ4v) is 4.24. The van der Waals surface area contributed by atoms with Gasteiger partial charge in [-0.3, -0.25) is 4.79 Å². The number of carbonyl (C=O) groups is 1. The Kier molecular flexibility index (Phi) is 4.29. The van der Waals surface area contributed by atoms with Crippen LogP contribution in [0.15, 0.2) is 42.5 Å². The lowest BCUT2D eigenvalue weighted by Gasteiger charge is -2.39. The van der Waals surface area contributed by atoms with Gasteiger partial charge >= 0.3 is 0 Å². The van der Waals surface area contributed by atoms with Crippen molar-refractivity contribution in [1.82, 2.24) is 14.8 Å². The van der Waals surface area contributed by atoms with Crippen molar-refractivity contribution in [2.45, 2.75) is 19.1 Å². The van der Waals surface area contributed by atoms with E-state index in [1.165, 1.54) is 11.3 Å². The zero-order valence-electron chi connectivity index (χ0n) is 15.7. The number of likely N-dealkylation sites (N-methyl/N-ethyl adjacent to an activating group) is 1. The molecule has 144 valence electrons. The molecule has 3 heterocycles. The Balaban J connectivity index is 1.30. The summed E-state index contributed by atoms with van der Waals surface area (Å²) in [4.78, 5) is 20.6. The van der Waals surface area contributed by atoms with Gasteiger partial charge in [-0.05, 0) is 42.9 Å². The average Bonchev–Trinajstić information content (AvgIpc) is 3.02. The summed E-state index contributed by atoms with van der Waals surface area (Å²) in [6.07, 6.45) is 1.01. The fraction of sp³-hybridized carbons (Fsp3) is 0.318. The van der Waals surface area contributed by atoms with Crippen molar-refractivity contribution in [3.05, 3.63) is 64.3 Å². The van der Waals surface area contributed by atoms with E-state index in [4.69, 9.17) is 16.3 Å². The van der Waals surface area contributed by atoms with Crippen molar-refractivity contribution in [3.8, 4) is 5.75 Å². The van der Waals surface area contributed by atoms with Crippen LogP contribution >= 0.6 is 11.6 Å². The van der Waals surface area contributed by atoms with Gasteiger partial charge in [-0.2, -0.15) is 0 Å². The lowest BCUT2D eigenvalue weighted by Crippen LogP contribution is -2.56.